The highest BCUT2D eigenvalue weighted by molar-refractivity contribution is 8.00. The van der Waals surface area contributed by atoms with Crippen molar-refractivity contribution in [3.63, 3.8) is 0 Å². The van der Waals surface area contributed by atoms with Crippen LogP contribution in [0, 0.1) is 5.92 Å². The molecule has 2 aromatic carbocycles. The van der Waals surface area contributed by atoms with E-state index in [-0.39, 0.29) is 11.8 Å². The molecule has 0 atom stereocenters. The molecule has 0 bridgehead atoms. The fourth-order valence-corrected chi connectivity index (χ4v) is 2.99. The highest BCUT2D eigenvalue weighted by atomic mass is 32.2. The average Bonchev–Trinajstić information content (AvgIpc) is 3.41. The number of carbonyl (C=O) groups is 1. The maximum atomic E-state index is 11.7. The van der Waals surface area contributed by atoms with E-state index in [1.54, 1.807) is 11.9 Å². The van der Waals surface area contributed by atoms with Crippen molar-refractivity contribution in [2.75, 3.05) is 10.0 Å². The molecule has 23 heavy (non-hydrogen) atoms. The van der Waals surface area contributed by atoms with Crippen molar-refractivity contribution in [1.29, 1.82) is 0 Å². The Morgan fingerprint density at radius 3 is 2.30 bits per heavy atom. The van der Waals surface area contributed by atoms with E-state index < -0.39 is 0 Å². The molecule has 1 aliphatic carbocycles. The van der Waals surface area contributed by atoms with E-state index in [2.05, 4.69) is 41.2 Å². The summed E-state index contributed by atoms with van der Waals surface area (Å²) in [6, 6.07) is 16.5. The lowest BCUT2D eigenvalue weighted by Gasteiger charge is -2.08. The summed E-state index contributed by atoms with van der Waals surface area (Å²) in [5.74, 6) is 0.381. The highest BCUT2D eigenvalue weighted by Crippen LogP contribution is 2.30. The molecular weight excluding hydrogens is 304 g/mol. The van der Waals surface area contributed by atoms with Crippen molar-refractivity contribution in [3.05, 3.63) is 54.1 Å². The van der Waals surface area contributed by atoms with Crippen LogP contribution in [0.5, 0.6) is 0 Å². The molecule has 1 saturated carbocycles. The molecule has 3 rings (SSSR count). The minimum Gasteiger partial charge on any atom is -0.326 e. The first-order valence-electron chi connectivity index (χ1n) is 8.17. The highest BCUT2D eigenvalue weighted by Gasteiger charge is 2.29. The number of anilines is 2. The van der Waals surface area contributed by atoms with Gasteiger partial charge in [-0.05, 0) is 73.2 Å². The van der Waals surface area contributed by atoms with Gasteiger partial charge in [-0.25, -0.2) is 0 Å². The molecule has 0 saturated heterocycles. The average molecular weight is 326 g/mol. The smallest absolute Gasteiger partial charge is 0.227 e. The number of carbonyl (C=O) groups excluding carboxylic acids is 1. The van der Waals surface area contributed by atoms with E-state index in [4.69, 9.17) is 0 Å². The number of amides is 1. The topological polar surface area (TPSA) is 41.1 Å². The molecule has 2 aromatic rings. The molecule has 1 aliphatic rings. The van der Waals surface area contributed by atoms with Gasteiger partial charge >= 0.3 is 0 Å². The Bertz CT molecular complexity index is 648. The van der Waals surface area contributed by atoms with Crippen LogP contribution in [0.2, 0.25) is 0 Å². The van der Waals surface area contributed by atoms with Crippen molar-refractivity contribution in [1.82, 2.24) is 0 Å². The van der Waals surface area contributed by atoms with Crippen LogP contribution >= 0.6 is 11.9 Å². The van der Waals surface area contributed by atoms with Gasteiger partial charge in [-0.2, -0.15) is 0 Å². The zero-order valence-electron chi connectivity index (χ0n) is 13.3. The Morgan fingerprint density at radius 2 is 1.70 bits per heavy atom. The number of hydrogen-bond acceptors (Lipinski definition) is 3. The molecule has 1 amide bonds. The summed E-state index contributed by atoms with van der Waals surface area (Å²) < 4.78 is 3.33. The maximum Gasteiger partial charge on any atom is 0.227 e. The maximum absolute atomic E-state index is 11.7. The van der Waals surface area contributed by atoms with Gasteiger partial charge in [0.05, 0.1) is 0 Å². The molecule has 0 radical (unpaired) electrons. The molecule has 4 heteroatoms. The SMILES string of the molecule is CCCc1ccc(SNc2ccc(NC(=O)C3CC3)cc2)cc1. The van der Waals surface area contributed by atoms with Crippen LogP contribution < -0.4 is 10.0 Å². The monoisotopic (exact) mass is 326 g/mol. The fraction of sp³-hybridized carbons (Fsp3) is 0.316. The van der Waals surface area contributed by atoms with E-state index in [0.29, 0.717) is 0 Å². The first-order chi connectivity index (χ1) is 11.2. The molecule has 0 aliphatic heterocycles. The van der Waals surface area contributed by atoms with Gasteiger partial charge in [-0.1, -0.05) is 25.5 Å². The second-order valence-electron chi connectivity index (χ2n) is 5.94. The van der Waals surface area contributed by atoms with Gasteiger partial charge in [0, 0.05) is 22.2 Å². The summed E-state index contributed by atoms with van der Waals surface area (Å²) in [5, 5.41) is 2.95. The summed E-state index contributed by atoms with van der Waals surface area (Å²) in [6.45, 7) is 2.20. The molecule has 1 fully saturated rings. The van der Waals surface area contributed by atoms with Crippen LogP contribution in [-0.4, -0.2) is 5.91 Å². The van der Waals surface area contributed by atoms with Crippen molar-refractivity contribution in [3.8, 4) is 0 Å². The van der Waals surface area contributed by atoms with E-state index in [1.165, 1.54) is 16.9 Å². The third-order valence-electron chi connectivity index (χ3n) is 3.85. The van der Waals surface area contributed by atoms with E-state index >= 15 is 0 Å². The first-order valence-corrected chi connectivity index (χ1v) is 8.99. The Balaban J connectivity index is 1.50. The van der Waals surface area contributed by atoms with E-state index in [1.807, 2.05) is 24.3 Å². The summed E-state index contributed by atoms with van der Waals surface area (Å²) in [6.07, 6.45) is 4.36. The molecule has 0 spiro atoms. The number of benzene rings is 2. The Hall–Kier alpha value is -1.94. The minimum absolute atomic E-state index is 0.146. The van der Waals surface area contributed by atoms with Gasteiger partial charge in [0.2, 0.25) is 5.91 Å². The zero-order valence-corrected chi connectivity index (χ0v) is 14.2. The van der Waals surface area contributed by atoms with Gasteiger partial charge in [0.1, 0.15) is 0 Å². The van der Waals surface area contributed by atoms with Crippen molar-refractivity contribution >= 4 is 29.2 Å². The standard InChI is InChI=1S/C19H22N2OS/c1-2-3-14-4-12-18(13-5-14)23-21-17-10-8-16(9-11-17)20-19(22)15-6-7-15/h4-5,8-13,15,21H,2-3,6-7H2,1H3,(H,20,22). The normalized spacial score (nSPS) is 13.6. The molecule has 0 unspecified atom stereocenters. The van der Waals surface area contributed by atoms with Crippen LogP contribution in [0.4, 0.5) is 11.4 Å². The minimum atomic E-state index is 0.146. The van der Waals surface area contributed by atoms with Gasteiger partial charge in [0.15, 0.2) is 0 Å². The molecule has 0 heterocycles. The Kier molecular flexibility index (Phi) is 5.23. The number of rotatable bonds is 7. The predicted octanol–water partition coefficient (Wildman–Crippen LogP) is 5.11. The second kappa shape index (κ2) is 7.55. The lowest BCUT2D eigenvalue weighted by atomic mass is 10.1. The molecule has 3 nitrogen and oxygen atoms in total. The first kappa shape index (κ1) is 15.9. The molecule has 2 N–H and O–H groups in total. The van der Waals surface area contributed by atoms with Crippen molar-refractivity contribution < 1.29 is 4.79 Å². The predicted molar refractivity (Wildman–Crippen MR) is 97.7 cm³/mol. The van der Waals surface area contributed by atoms with Crippen LogP contribution in [0.1, 0.15) is 31.7 Å². The molecular formula is C19H22N2OS. The van der Waals surface area contributed by atoms with Gasteiger partial charge < -0.3 is 10.0 Å². The van der Waals surface area contributed by atoms with Gasteiger partial charge in [0.25, 0.3) is 0 Å². The van der Waals surface area contributed by atoms with Gasteiger partial charge in [-0.3, -0.25) is 4.79 Å². The van der Waals surface area contributed by atoms with E-state index in [0.717, 1.165) is 30.6 Å². The lowest BCUT2D eigenvalue weighted by Crippen LogP contribution is -2.12. The number of hydrogen-bond donors (Lipinski definition) is 2. The van der Waals surface area contributed by atoms with Crippen LogP contribution in [0.3, 0.4) is 0 Å². The van der Waals surface area contributed by atoms with Crippen molar-refractivity contribution in [2.45, 2.75) is 37.5 Å². The Labute approximate surface area is 142 Å². The van der Waals surface area contributed by atoms with Gasteiger partial charge in [-0.15, -0.1) is 0 Å². The Morgan fingerprint density at radius 1 is 1.04 bits per heavy atom. The third kappa shape index (κ3) is 4.76. The van der Waals surface area contributed by atoms with Crippen molar-refractivity contribution in [2.24, 2.45) is 5.92 Å². The van der Waals surface area contributed by atoms with E-state index in [9.17, 15) is 4.79 Å². The largest absolute Gasteiger partial charge is 0.326 e. The summed E-state index contributed by atoms with van der Waals surface area (Å²) in [5.41, 5.74) is 3.27. The van der Waals surface area contributed by atoms with Crippen LogP contribution in [-0.2, 0) is 11.2 Å². The number of nitrogens with one attached hydrogen (secondary N) is 2. The quantitative estimate of drug-likeness (QED) is 0.695. The summed E-state index contributed by atoms with van der Waals surface area (Å²) in [4.78, 5) is 12.9. The molecule has 120 valence electrons. The lowest BCUT2D eigenvalue weighted by molar-refractivity contribution is -0.117. The zero-order chi connectivity index (χ0) is 16.1. The number of aryl methyl sites for hydroxylation is 1. The summed E-state index contributed by atoms with van der Waals surface area (Å²) in [7, 11) is 0. The van der Waals surface area contributed by atoms with Crippen LogP contribution in [0.25, 0.3) is 0 Å². The van der Waals surface area contributed by atoms with Crippen LogP contribution in [0.15, 0.2) is 53.4 Å². The second-order valence-corrected chi connectivity index (χ2v) is 6.82. The summed E-state index contributed by atoms with van der Waals surface area (Å²) >= 11 is 1.60. The fourth-order valence-electron chi connectivity index (χ4n) is 2.34. The third-order valence-corrected chi connectivity index (χ3v) is 4.69. The molecule has 0 aromatic heterocycles.